The molecule has 2 aliphatic heterocycles. The van der Waals surface area contributed by atoms with Gasteiger partial charge in [-0.05, 0) is 28.3 Å². The van der Waals surface area contributed by atoms with E-state index < -0.39 is 16.2 Å². The Labute approximate surface area is 151 Å². The second kappa shape index (κ2) is 6.89. The fourth-order valence-corrected chi connectivity index (χ4v) is 4.10. The summed E-state index contributed by atoms with van der Waals surface area (Å²) in [5.41, 5.74) is 16.0. The third kappa shape index (κ3) is 3.29. The Kier molecular flexibility index (Phi) is 4.59. The number of sulfonamides is 1. The van der Waals surface area contributed by atoms with Crippen molar-refractivity contribution in [1.29, 1.82) is 0 Å². The van der Waals surface area contributed by atoms with E-state index in [-0.39, 0.29) is 4.90 Å². The van der Waals surface area contributed by atoms with Gasteiger partial charge in [-0.3, -0.25) is 0 Å². The fourth-order valence-electron chi connectivity index (χ4n) is 3.30. The van der Waals surface area contributed by atoms with E-state index in [2.05, 4.69) is 33.3 Å². The molecule has 136 valence electrons. The van der Waals surface area contributed by atoms with E-state index in [1.807, 2.05) is 30.3 Å². The molecule has 2 heterocycles. The van der Waals surface area contributed by atoms with Crippen LogP contribution in [0.1, 0.15) is 17.3 Å². The summed E-state index contributed by atoms with van der Waals surface area (Å²) in [5, 5.41) is 8.72. The van der Waals surface area contributed by atoms with Gasteiger partial charge in [0.15, 0.2) is 0 Å². The molecule has 0 bridgehead atoms. The second-order valence-electron chi connectivity index (χ2n) is 6.17. The van der Waals surface area contributed by atoms with E-state index in [0.29, 0.717) is 5.56 Å². The van der Waals surface area contributed by atoms with Gasteiger partial charge >= 0.3 is 0 Å². The lowest BCUT2D eigenvalue weighted by Crippen LogP contribution is -2.33. The van der Waals surface area contributed by atoms with Crippen LogP contribution in [-0.4, -0.2) is 21.5 Å². The van der Waals surface area contributed by atoms with Crippen LogP contribution in [0.25, 0.3) is 16.7 Å². The van der Waals surface area contributed by atoms with Crippen molar-refractivity contribution >= 4 is 15.6 Å². The molecule has 1 fully saturated rings. The highest BCUT2D eigenvalue weighted by Crippen LogP contribution is 2.33. The van der Waals surface area contributed by atoms with Crippen LogP contribution < -0.4 is 32.4 Å². The van der Waals surface area contributed by atoms with Crippen LogP contribution in [0, 0.1) is 0 Å². The largest absolute Gasteiger partial charge is 0.309 e. The van der Waals surface area contributed by atoms with Gasteiger partial charge in [0, 0.05) is 18.7 Å². The lowest BCUT2D eigenvalue weighted by Gasteiger charge is -2.19. The van der Waals surface area contributed by atoms with Gasteiger partial charge in [-0.2, -0.15) is 11.1 Å². The van der Waals surface area contributed by atoms with Gasteiger partial charge in [-0.15, -0.1) is 0 Å². The molecule has 0 aliphatic carbocycles. The van der Waals surface area contributed by atoms with Crippen molar-refractivity contribution < 1.29 is 8.42 Å². The maximum absolute atomic E-state index is 12.1. The Hall–Kier alpha value is -2.11. The molecule has 4 rings (SSSR count). The van der Waals surface area contributed by atoms with E-state index in [9.17, 15) is 8.42 Å². The van der Waals surface area contributed by atoms with E-state index in [4.69, 9.17) is 5.14 Å². The number of nitrogens with two attached hydrogens (primary N) is 1. The first-order valence-electron chi connectivity index (χ1n) is 8.21. The van der Waals surface area contributed by atoms with E-state index in [1.165, 1.54) is 11.6 Å². The van der Waals surface area contributed by atoms with Crippen LogP contribution in [0.15, 0.2) is 53.4 Å². The predicted octanol–water partition coefficient (Wildman–Crippen LogP) is 0.103. The van der Waals surface area contributed by atoms with Gasteiger partial charge in [0.05, 0.1) is 4.90 Å². The first-order valence-corrected chi connectivity index (χ1v) is 9.76. The summed E-state index contributed by atoms with van der Waals surface area (Å²) in [6, 6.07) is 13.2. The highest BCUT2D eigenvalue weighted by Gasteiger charge is 2.26. The average molecular weight is 372 g/mol. The van der Waals surface area contributed by atoms with E-state index in [0.717, 1.165) is 29.8 Å². The molecule has 1 saturated heterocycles. The molecule has 2 aromatic rings. The normalized spacial score (nSPS) is 18.3. The monoisotopic (exact) mass is 372 g/mol. The molecule has 0 spiro atoms. The Bertz CT molecular complexity index is 950. The fraction of sp³-hybridized carbons (Fsp3) is 0.176. The summed E-state index contributed by atoms with van der Waals surface area (Å²) in [6.45, 7) is 1.75. The summed E-state index contributed by atoms with van der Waals surface area (Å²) >= 11 is 0. The Morgan fingerprint density at radius 3 is 2.27 bits per heavy atom. The van der Waals surface area contributed by atoms with Gasteiger partial charge in [-0.1, -0.05) is 42.5 Å². The smallest absolute Gasteiger partial charge is 0.238 e. The number of hydrazine groups is 3. The predicted molar refractivity (Wildman–Crippen MR) is 99.4 cm³/mol. The first kappa shape index (κ1) is 17.3. The van der Waals surface area contributed by atoms with Gasteiger partial charge < -0.3 is 5.32 Å². The highest BCUT2D eigenvalue weighted by atomic mass is 32.2. The number of nitrogens with one attached hydrogen (secondary N) is 5. The summed E-state index contributed by atoms with van der Waals surface area (Å²) in [6.07, 6.45) is 1.71. The van der Waals surface area contributed by atoms with Gasteiger partial charge in [0.2, 0.25) is 10.0 Å². The summed E-state index contributed by atoms with van der Waals surface area (Å²) in [5.74, 6) is 0. The summed E-state index contributed by atoms with van der Waals surface area (Å²) < 4.78 is 24.2. The van der Waals surface area contributed by atoms with Crippen molar-refractivity contribution in [2.75, 3.05) is 13.1 Å². The first-order chi connectivity index (χ1) is 12.5. The van der Waals surface area contributed by atoms with Gasteiger partial charge in [-0.25, -0.2) is 24.4 Å². The number of benzene rings is 2. The molecular weight excluding hydrogens is 352 g/mol. The van der Waals surface area contributed by atoms with Crippen LogP contribution in [-0.2, 0) is 10.0 Å². The van der Waals surface area contributed by atoms with Crippen molar-refractivity contribution in [3.8, 4) is 11.1 Å². The van der Waals surface area contributed by atoms with Crippen molar-refractivity contribution in [3.05, 3.63) is 59.7 Å². The van der Waals surface area contributed by atoms with Crippen LogP contribution in [0.4, 0.5) is 0 Å². The van der Waals surface area contributed by atoms with Crippen LogP contribution in [0.2, 0.25) is 0 Å². The number of rotatable bonds is 4. The van der Waals surface area contributed by atoms with Crippen molar-refractivity contribution in [2.45, 2.75) is 11.1 Å². The molecule has 0 atom stereocenters. The molecule has 0 radical (unpaired) electrons. The minimum absolute atomic E-state index is 0.0808. The quantitative estimate of drug-likeness (QED) is 0.450. The number of hydrogen-bond acceptors (Lipinski definition) is 7. The molecule has 8 nitrogen and oxygen atoms in total. The number of hydrogen-bond donors (Lipinski definition) is 6. The maximum atomic E-state index is 12.1. The minimum atomic E-state index is -3.88. The zero-order valence-corrected chi connectivity index (χ0v) is 14.7. The van der Waals surface area contributed by atoms with Crippen molar-refractivity contribution in [2.24, 2.45) is 5.14 Å². The minimum Gasteiger partial charge on any atom is -0.309 e. The zero-order valence-electron chi connectivity index (χ0n) is 13.9. The summed E-state index contributed by atoms with van der Waals surface area (Å²) in [4.78, 5) is 0.0808. The Balaban J connectivity index is 1.80. The van der Waals surface area contributed by atoms with E-state index in [1.54, 1.807) is 6.07 Å². The zero-order chi connectivity index (χ0) is 18.1. The number of primary sulfonamides is 1. The SMILES string of the molecule is NS(=O)(=O)c1cccc(-c2ccc(C3=CCNC3)cc2)c1C1NNNN1. The average Bonchev–Trinajstić information content (AvgIpc) is 3.34. The molecule has 2 aliphatic rings. The molecule has 26 heavy (non-hydrogen) atoms. The van der Waals surface area contributed by atoms with Crippen molar-refractivity contribution in [3.63, 3.8) is 0 Å². The van der Waals surface area contributed by atoms with Crippen LogP contribution in [0.3, 0.4) is 0 Å². The van der Waals surface area contributed by atoms with Crippen LogP contribution in [0.5, 0.6) is 0 Å². The van der Waals surface area contributed by atoms with Gasteiger partial charge in [0.1, 0.15) is 6.17 Å². The van der Waals surface area contributed by atoms with E-state index >= 15 is 0 Å². The Morgan fingerprint density at radius 1 is 0.962 bits per heavy atom. The topological polar surface area (TPSA) is 120 Å². The molecule has 2 aromatic carbocycles. The molecule has 9 heteroatoms. The lowest BCUT2D eigenvalue weighted by atomic mass is 9.96. The lowest BCUT2D eigenvalue weighted by molar-refractivity contribution is 0.540. The summed E-state index contributed by atoms with van der Waals surface area (Å²) in [7, 11) is -3.88. The molecule has 0 unspecified atom stereocenters. The third-order valence-corrected chi connectivity index (χ3v) is 5.50. The van der Waals surface area contributed by atoms with Crippen LogP contribution >= 0.6 is 0 Å². The standard InChI is InChI=1S/C17H20N6O2S/c18-26(24,25)15-3-1-2-14(16(15)17-20-22-23-21-17)12-6-4-11(5-7-12)13-8-9-19-10-13/h1-8,17,19-23H,9-10H2,(H2,18,24,25). The van der Waals surface area contributed by atoms with Gasteiger partial charge in [0.25, 0.3) is 0 Å². The molecule has 0 aromatic heterocycles. The van der Waals surface area contributed by atoms with Crippen molar-refractivity contribution in [1.82, 2.24) is 27.2 Å². The highest BCUT2D eigenvalue weighted by molar-refractivity contribution is 7.89. The molecule has 0 saturated carbocycles. The maximum Gasteiger partial charge on any atom is 0.238 e. The Morgan fingerprint density at radius 2 is 1.65 bits per heavy atom. The molecule has 7 N–H and O–H groups in total. The molecular formula is C17H20N6O2S. The third-order valence-electron chi connectivity index (χ3n) is 4.53. The molecule has 0 amide bonds. The second-order valence-corrected chi connectivity index (χ2v) is 7.70.